The minimum atomic E-state index is -1.56. The second-order valence-corrected chi connectivity index (χ2v) is 11.9. The van der Waals surface area contributed by atoms with Crippen molar-refractivity contribution in [2.24, 2.45) is 44.7 Å². The number of rotatable bonds is 4. The molecule has 0 aromatic carbocycles. The number of hydrogen-bond acceptors (Lipinski definition) is 5. The van der Waals surface area contributed by atoms with Crippen LogP contribution in [0.25, 0.3) is 0 Å². The lowest BCUT2D eigenvalue weighted by atomic mass is 9.36. The fourth-order valence-electron chi connectivity index (χ4n) is 10.3. The number of carboxylic acid groups (broad SMARTS) is 1. The number of allylic oxidation sites excluding steroid dienone is 1. The number of guanidine groups is 1. The van der Waals surface area contributed by atoms with Crippen molar-refractivity contribution in [2.45, 2.75) is 56.7 Å². The zero-order valence-electron chi connectivity index (χ0n) is 21.7. The van der Waals surface area contributed by atoms with Gasteiger partial charge in [0, 0.05) is 55.6 Å². The van der Waals surface area contributed by atoms with Gasteiger partial charge in [0.2, 0.25) is 0 Å². The summed E-state index contributed by atoms with van der Waals surface area (Å²) in [6.07, 6.45) is 14.8. The van der Waals surface area contributed by atoms with E-state index in [9.17, 15) is 15.0 Å². The molecule has 8 atom stereocenters. The summed E-state index contributed by atoms with van der Waals surface area (Å²) in [6, 6.07) is 0. The van der Waals surface area contributed by atoms with Gasteiger partial charge in [-0.25, -0.2) is 4.79 Å². The molecule has 0 aromatic heterocycles. The topological polar surface area (TPSA) is 120 Å². The van der Waals surface area contributed by atoms with Crippen LogP contribution in [0.5, 0.6) is 0 Å². The molecule has 6 rings (SSSR count). The number of aliphatic carboxylic acids is 1. The maximum atomic E-state index is 13.1. The maximum Gasteiger partial charge on any atom is 0.334 e. The molecule has 8 heteroatoms. The number of hydrogen-bond donors (Lipinski definition) is 4. The van der Waals surface area contributed by atoms with Crippen LogP contribution in [0.4, 0.5) is 0 Å². The van der Waals surface area contributed by atoms with Gasteiger partial charge in [0.15, 0.2) is 5.96 Å². The molecule has 3 saturated carbocycles. The standard InChI is InChI=1S/C28H40N4O4/c1-30-15-25-11-10-20-27-17-6-4-5-7-21(36-3)28(20,35)22(23(33)34)19(27)14-18(9-8-17)26(25,27)16-32(13-12-25)24(29)31-2/h10-13,17-18,20-21,30,35H,4-9,14-16H2,1-3H3,(H2,29,31)(H,33,34)/t17-,18-,20+,21+,25-,26-,27+,28-/m1/s1. The fraction of sp³-hybridized carbons (Fsp3) is 0.714. The first-order chi connectivity index (χ1) is 17.3. The highest BCUT2D eigenvalue weighted by Crippen LogP contribution is 2.83. The Morgan fingerprint density at radius 1 is 1.25 bits per heavy atom. The van der Waals surface area contributed by atoms with Crippen molar-refractivity contribution in [2.75, 3.05) is 34.3 Å². The summed E-state index contributed by atoms with van der Waals surface area (Å²) in [5.74, 6) is -0.278. The minimum Gasteiger partial charge on any atom is -0.478 e. The van der Waals surface area contributed by atoms with Crippen molar-refractivity contribution in [3.63, 3.8) is 0 Å². The highest BCUT2D eigenvalue weighted by atomic mass is 16.5. The third-order valence-electron chi connectivity index (χ3n) is 11.2. The Hall–Kier alpha value is -2.16. The Labute approximate surface area is 213 Å². The minimum absolute atomic E-state index is 0.221. The van der Waals surface area contributed by atoms with E-state index in [-0.39, 0.29) is 22.3 Å². The van der Waals surface area contributed by atoms with E-state index in [1.165, 1.54) is 0 Å². The van der Waals surface area contributed by atoms with Crippen LogP contribution in [0.1, 0.15) is 44.9 Å². The molecule has 36 heavy (non-hydrogen) atoms. The quantitative estimate of drug-likeness (QED) is 0.268. The summed E-state index contributed by atoms with van der Waals surface area (Å²) >= 11 is 0. The molecule has 0 radical (unpaired) electrons. The van der Waals surface area contributed by atoms with Gasteiger partial charge in [0.1, 0.15) is 5.60 Å². The van der Waals surface area contributed by atoms with Gasteiger partial charge < -0.3 is 30.9 Å². The van der Waals surface area contributed by atoms with Crippen molar-refractivity contribution in [3.8, 4) is 0 Å². The highest BCUT2D eigenvalue weighted by Gasteiger charge is 2.83. The molecule has 0 unspecified atom stereocenters. The smallest absolute Gasteiger partial charge is 0.334 e. The Morgan fingerprint density at radius 2 is 2.00 bits per heavy atom. The molecule has 8 nitrogen and oxygen atoms in total. The number of ether oxygens (including phenoxy) is 1. The SMILES string of the molecule is CN=C(N)N1C=C[C@@]2(CNC)C=C[C@@H]3[C@]4(O)C(C(=O)O)=C5C[C@H]6CC[C@@H](CCCC[C@@H]4OC)[C@]53[C@]62C1. The molecule has 1 aliphatic heterocycles. The predicted octanol–water partition coefficient (Wildman–Crippen LogP) is 2.27. The van der Waals surface area contributed by atoms with Gasteiger partial charge in [0.25, 0.3) is 0 Å². The van der Waals surface area contributed by atoms with Gasteiger partial charge in [-0.1, -0.05) is 31.1 Å². The molecule has 2 spiro atoms. The number of methoxy groups -OCH3 is 1. The van der Waals surface area contributed by atoms with E-state index >= 15 is 0 Å². The average molecular weight is 497 g/mol. The van der Waals surface area contributed by atoms with E-state index in [2.05, 4.69) is 39.6 Å². The lowest BCUT2D eigenvalue weighted by Gasteiger charge is -2.69. The van der Waals surface area contributed by atoms with E-state index in [4.69, 9.17) is 10.5 Å². The number of nitrogens with two attached hydrogens (primary N) is 1. The average Bonchev–Trinajstić information content (AvgIpc) is 3.21. The molecule has 3 bridgehead atoms. The van der Waals surface area contributed by atoms with E-state index in [0.717, 1.165) is 44.2 Å². The van der Waals surface area contributed by atoms with Gasteiger partial charge in [-0.05, 0) is 56.6 Å². The fourth-order valence-corrected chi connectivity index (χ4v) is 10.3. The van der Waals surface area contributed by atoms with Crippen molar-refractivity contribution in [1.29, 1.82) is 0 Å². The lowest BCUT2D eigenvalue weighted by molar-refractivity contribution is -0.188. The number of nitrogens with one attached hydrogen (secondary N) is 1. The largest absolute Gasteiger partial charge is 0.478 e. The number of carbonyl (C=O) groups is 1. The van der Waals surface area contributed by atoms with Crippen molar-refractivity contribution >= 4 is 11.9 Å². The molecule has 5 N–H and O–H groups in total. The van der Waals surface area contributed by atoms with E-state index in [1.54, 1.807) is 14.2 Å². The number of nitrogens with zero attached hydrogens (tertiary/aromatic N) is 2. The molecule has 0 amide bonds. The monoisotopic (exact) mass is 496 g/mol. The van der Waals surface area contributed by atoms with Crippen LogP contribution in [0, 0.1) is 34.0 Å². The van der Waals surface area contributed by atoms with Crippen LogP contribution in [0.3, 0.4) is 0 Å². The van der Waals surface area contributed by atoms with Crippen LogP contribution >= 0.6 is 0 Å². The van der Waals surface area contributed by atoms with E-state index in [1.807, 2.05) is 7.05 Å². The Morgan fingerprint density at radius 3 is 2.69 bits per heavy atom. The predicted molar refractivity (Wildman–Crippen MR) is 137 cm³/mol. The second-order valence-electron chi connectivity index (χ2n) is 11.9. The van der Waals surface area contributed by atoms with Gasteiger partial charge in [0.05, 0.1) is 11.7 Å². The molecule has 1 heterocycles. The maximum absolute atomic E-state index is 13.1. The molecule has 5 aliphatic carbocycles. The summed E-state index contributed by atoms with van der Waals surface area (Å²) in [4.78, 5) is 19.5. The third-order valence-corrected chi connectivity index (χ3v) is 11.2. The van der Waals surface area contributed by atoms with Crippen LogP contribution in [-0.4, -0.2) is 73.0 Å². The summed E-state index contributed by atoms with van der Waals surface area (Å²) < 4.78 is 5.96. The van der Waals surface area contributed by atoms with Gasteiger partial charge in [-0.3, -0.25) is 4.99 Å². The van der Waals surface area contributed by atoms with Crippen LogP contribution in [-0.2, 0) is 9.53 Å². The first-order valence-corrected chi connectivity index (χ1v) is 13.5. The second kappa shape index (κ2) is 7.92. The van der Waals surface area contributed by atoms with Crippen LogP contribution in [0.2, 0.25) is 0 Å². The molecule has 196 valence electrons. The lowest BCUT2D eigenvalue weighted by Crippen LogP contribution is -2.71. The molecule has 0 saturated heterocycles. The number of carboxylic acids is 1. The summed E-state index contributed by atoms with van der Waals surface area (Å²) in [5.41, 5.74) is 4.95. The van der Waals surface area contributed by atoms with Crippen LogP contribution < -0.4 is 11.1 Å². The molecular formula is C28H40N4O4. The number of aliphatic hydroxyl groups is 1. The molecule has 6 aliphatic rings. The van der Waals surface area contributed by atoms with Crippen LogP contribution in [0.15, 0.2) is 40.6 Å². The summed E-state index contributed by atoms with van der Waals surface area (Å²) in [7, 11) is 5.32. The van der Waals surface area contributed by atoms with Crippen molar-refractivity contribution in [1.82, 2.24) is 10.2 Å². The van der Waals surface area contributed by atoms with E-state index in [0.29, 0.717) is 37.2 Å². The zero-order valence-corrected chi connectivity index (χ0v) is 21.7. The first-order valence-electron chi connectivity index (χ1n) is 13.5. The van der Waals surface area contributed by atoms with Gasteiger partial charge >= 0.3 is 5.97 Å². The molecule has 0 aromatic rings. The van der Waals surface area contributed by atoms with Crippen molar-refractivity contribution in [3.05, 3.63) is 35.6 Å². The Bertz CT molecular complexity index is 1100. The van der Waals surface area contributed by atoms with E-state index < -0.39 is 23.1 Å². The Kier molecular flexibility index (Phi) is 5.32. The summed E-state index contributed by atoms with van der Waals surface area (Å²) in [6.45, 7) is 1.41. The molecule has 3 fully saturated rings. The number of aliphatic imine (C=N–C) groups is 1. The van der Waals surface area contributed by atoms with Gasteiger partial charge in [-0.15, -0.1) is 0 Å². The Balaban J connectivity index is 1.73. The molecular weight excluding hydrogens is 456 g/mol. The summed E-state index contributed by atoms with van der Waals surface area (Å²) in [5, 5.41) is 26.9. The normalized spacial score (nSPS) is 46.9. The van der Waals surface area contributed by atoms with Gasteiger partial charge in [-0.2, -0.15) is 0 Å². The third kappa shape index (κ3) is 2.46. The zero-order chi connectivity index (χ0) is 25.5. The first kappa shape index (κ1) is 24.2. The van der Waals surface area contributed by atoms with Crippen molar-refractivity contribution < 1.29 is 19.7 Å². The highest BCUT2D eigenvalue weighted by molar-refractivity contribution is 5.93.